The number of aryl methyl sites for hydroxylation is 1. The second-order valence-corrected chi connectivity index (χ2v) is 6.08. The molecule has 6 nitrogen and oxygen atoms in total. The number of amides is 1. The standard InChI is InChI=1S/C21H22N4O2/c1-15-5-3-4-6-18(15)25-20-14-23-19(13-24-20)21(26)22-12-11-16-7-9-17(27-2)10-8-16/h3-10,13-14H,11-12H2,1-2H3,(H,22,26)(H,24,25). The van der Waals surface area contributed by atoms with Gasteiger partial charge in [0.2, 0.25) is 0 Å². The summed E-state index contributed by atoms with van der Waals surface area (Å²) in [5.41, 5.74) is 3.49. The monoisotopic (exact) mass is 362 g/mol. The summed E-state index contributed by atoms with van der Waals surface area (Å²) < 4.78 is 5.13. The van der Waals surface area contributed by atoms with E-state index in [0.717, 1.165) is 29.0 Å². The molecule has 0 bridgehead atoms. The van der Waals surface area contributed by atoms with Crippen LogP contribution < -0.4 is 15.4 Å². The topological polar surface area (TPSA) is 76.1 Å². The van der Waals surface area contributed by atoms with Crippen molar-refractivity contribution in [1.29, 1.82) is 0 Å². The molecule has 0 aliphatic carbocycles. The summed E-state index contributed by atoms with van der Waals surface area (Å²) in [6, 6.07) is 15.7. The van der Waals surface area contributed by atoms with Crippen molar-refractivity contribution in [3.05, 3.63) is 77.7 Å². The third-order valence-electron chi connectivity index (χ3n) is 4.15. The number of rotatable bonds is 7. The summed E-state index contributed by atoms with van der Waals surface area (Å²) in [4.78, 5) is 20.7. The van der Waals surface area contributed by atoms with Crippen molar-refractivity contribution in [2.45, 2.75) is 13.3 Å². The Morgan fingerprint density at radius 3 is 2.48 bits per heavy atom. The number of carbonyl (C=O) groups is 1. The number of methoxy groups -OCH3 is 1. The first-order valence-corrected chi connectivity index (χ1v) is 8.71. The van der Waals surface area contributed by atoms with Gasteiger partial charge in [0.15, 0.2) is 0 Å². The first-order valence-electron chi connectivity index (χ1n) is 8.71. The molecule has 6 heteroatoms. The summed E-state index contributed by atoms with van der Waals surface area (Å²) in [7, 11) is 1.64. The van der Waals surface area contributed by atoms with Crippen LogP contribution in [-0.2, 0) is 6.42 Å². The van der Waals surface area contributed by atoms with Gasteiger partial charge in [-0.1, -0.05) is 30.3 Å². The highest BCUT2D eigenvalue weighted by Gasteiger charge is 2.08. The number of hydrogen-bond donors (Lipinski definition) is 2. The van der Waals surface area contributed by atoms with Crippen molar-refractivity contribution in [2.75, 3.05) is 19.0 Å². The van der Waals surface area contributed by atoms with Crippen molar-refractivity contribution >= 4 is 17.4 Å². The van der Waals surface area contributed by atoms with E-state index in [4.69, 9.17) is 4.74 Å². The fraction of sp³-hybridized carbons (Fsp3) is 0.190. The van der Waals surface area contributed by atoms with Gasteiger partial charge in [-0.3, -0.25) is 4.79 Å². The van der Waals surface area contributed by atoms with Gasteiger partial charge in [-0.05, 0) is 42.7 Å². The average Bonchev–Trinajstić information content (AvgIpc) is 2.71. The summed E-state index contributed by atoms with van der Waals surface area (Å²) in [6.45, 7) is 2.54. The molecule has 0 unspecified atom stereocenters. The Bertz CT molecular complexity index is 893. The lowest BCUT2D eigenvalue weighted by molar-refractivity contribution is 0.0949. The third kappa shape index (κ3) is 5.04. The number of benzene rings is 2. The summed E-state index contributed by atoms with van der Waals surface area (Å²) in [5, 5.41) is 6.06. The Hall–Kier alpha value is -3.41. The number of para-hydroxylation sites is 1. The van der Waals surface area contributed by atoms with E-state index in [1.165, 1.54) is 6.20 Å². The van der Waals surface area contributed by atoms with E-state index >= 15 is 0 Å². The Kier molecular flexibility index (Phi) is 5.99. The van der Waals surface area contributed by atoms with Crippen molar-refractivity contribution in [2.24, 2.45) is 0 Å². The van der Waals surface area contributed by atoms with Crippen LogP contribution in [0.25, 0.3) is 0 Å². The predicted octanol–water partition coefficient (Wildman–Crippen LogP) is 3.51. The smallest absolute Gasteiger partial charge is 0.271 e. The molecule has 0 fully saturated rings. The molecule has 0 radical (unpaired) electrons. The number of nitrogens with zero attached hydrogens (tertiary/aromatic N) is 2. The second kappa shape index (κ2) is 8.80. The second-order valence-electron chi connectivity index (χ2n) is 6.08. The van der Waals surface area contributed by atoms with Gasteiger partial charge in [0.25, 0.3) is 5.91 Å². The van der Waals surface area contributed by atoms with Crippen LogP contribution >= 0.6 is 0 Å². The van der Waals surface area contributed by atoms with E-state index in [2.05, 4.69) is 20.6 Å². The van der Waals surface area contributed by atoms with E-state index in [1.807, 2.05) is 55.5 Å². The molecule has 0 aliphatic heterocycles. The predicted molar refractivity (Wildman–Crippen MR) is 106 cm³/mol. The van der Waals surface area contributed by atoms with Gasteiger partial charge < -0.3 is 15.4 Å². The largest absolute Gasteiger partial charge is 0.497 e. The molecule has 1 heterocycles. The van der Waals surface area contributed by atoms with Crippen LogP contribution in [0.15, 0.2) is 60.9 Å². The minimum absolute atomic E-state index is 0.238. The molecule has 1 amide bonds. The number of nitrogens with one attached hydrogen (secondary N) is 2. The van der Waals surface area contributed by atoms with Crippen LogP contribution in [0.4, 0.5) is 11.5 Å². The Morgan fingerprint density at radius 2 is 1.81 bits per heavy atom. The molecule has 0 atom stereocenters. The zero-order valence-corrected chi connectivity index (χ0v) is 15.4. The summed E-state index contributed by atoms with van der Waals surface area (Å²) >= 11 is 0. The molecule has 138 valence electrons. The highest BCUT2D eigenvalue weighted by molar-refractivity contribution is 5.92. The van der Waals surface area contributed by atoms with Crippen molar-refractivity contribution in [3.63, 3.8) is 0 Å². The summed E-state index contributed by atoms with van der Waals surface area (Å²) in [5.74, 6) is 1.18. The molecule has 0 aliphatic rings. The van der Waals surface area contributed by atoms with Crippen LogP contribution in [0.1, 0.15) is 21.6 Å². The minimum atomic E-state index is -0.238. The number of carbonyl (C=O) groups excluding carboxylic acids is 1. The maximum atomic E-state index is 12.2. The van der Waals surface area contributed by atoms with Gasteiger partial charge in [0.1, 0.15) is 17.3 Å². The molecule has 3 rings (SSSR count). The van der Waals surface area contributed by atoms with Gasteiger partial charge in [-0.15, -0.1) is 0 Å². The molecule has 1 aromatic heterocycles. The number of ether oxygens (including phenoxy) is 1. The molecule has 0 saturated heterocycles. The maximum Gasteiger partial charge on any atom is 0.271 e. The van der Waals surface area contributed by atoms with Gasteiger partial charge in [-0.2, -0.15) is 0 Å². The lowest BCUT2D eigenvalue weighted by Gasteiger charge is -2.09. The number of anilines is 2. The molecule has 2 N–H and O–H groups in total. The van der Waals surface area contributed by atoms with E-state index in [-0.39, 0.29) is 5.91 Å². The van der Waals surface area contributed by atoms with Gasteiger partial charge >= 0.3 is 0 Å². The van der Waals surface area contributed by atoms with Crippen LogP contribution in [0.3, 0.4) is 0 Å². The van der Waals surface area contributed by atoms with Gasteiger partial charge in [0.05, 0.1) is 19.5 Å². The molecular formula is C21H22N4O2. The maximum absolute atomic E-state index is 12.2. The zero-order chi connectivity index (χ0) is 19.1. The molecule has 27 heavy (non-hydrogen) atoms. The zero-order valence-electron chi connectivity index (χ0n) is 15.4. The van der Waals surface area contributed by atoms with E-state index < -0.39 is 0 Å². The van der Waals surface area contributed by atoms with Crippen molar-refractivity contribution in [3.8, 4) is 5.75 Å². The molecule has 3 aromatic rings. The molecule has 0 saturated carbocycles. The molecule has 0 spiro atoms. The van der Waals surface area contributed by atoms with Crippen molar-refractivity contribution < 1.29 is 9.53 Å². The van der Waals surface area contributed by atoms with E-state index in [1.54, 1.807) is 13.3 Å². The average molecular weight is 362 g/mol. The fourth-order valence-electron chi connectivity index (χ4n) is 2.56. The van der Waals surface area contributed by atoms with Gasteiger partial charge in [0, 0.05) is 12.2 Å². The Balaban J connectivity index is 1.52. The normalized spacial score (nSPS) is 10.3. The highest BCUT2D eigenvalue weighted by atomic mass is 16.5. The third-order valence-corrected chi connectivity index (χ3v) is 4.15. The SMILES string of the molecule is COc1ccc(CCNC(=O)c2cnc(Nc3ccccc3C)cn2)cc1. The van der Waals surface area contributed by atoms with E-state index in [9.17, 15) is 4.79 Å². The number of aromatic nitrogens is 2. The highest BCUT2D eigenvalue weighted by Crippen LogP contribution is 2.17. The fourth-order valence-corrected chi connectivity index (χ4v) is 2.56. The Morgan fingerprint density at radius 1 is 1.04 bits per heavy atom. The van der Waals surface area contributed by atoms with E-state index in [0.29, 0.717) is 18.1 Å². The van der Waals surface area contributed by atoms with Crippen molar-refractivity contribution in [1.82, 2.24) is 15.3 Å². The summed E-state index contributed by atoms with van der Waals surface area (Å²) in [6.07, 6.45) is 3.77. The van der Waals surface area contributed by atoms with Crippen LogP contribution in [0.2, 0.25) is 0 Å². The lowest BCUT2D eigenvalue weighted by atomic mass is 10.1. The van der Waals surface area contributed by atoms with Crippen LogP contribution in [-0.4, -0.2) is 29.5 Å². The number of hydrogen-bond acceptors (Lipinski definition) is 5. The first kappa shape index (κ1) is 18.4. The molecular weight excluding hydrogens is 340 g/mol. The lowest BCUT2D eigenvalue weighted by Crippen LogP contribution is -2.26. The van der Waals surface area contributed by atoms with Gasteiger partial charge in [-0.25, -0.2) is 9.97 Å². The van der Waals surface area contributed by atoms with Crippen LogP contribution in [0, 0.1) is 6.92 Å². The van der Waals surface area contributed by atoms with Crippen LogP contribution in [0.5, 0.6) is 5.75 Å². The first-order chi connectivity index (χ1) is 13.2. The Labute approximate surface area is 158 Å². The minimum Gasteiger partial charge on any atom is -0.497 e. The molecule has 2 aromatic carbocycles. The quantitative estimate of drug-likeness (QED) is 0.673.